The maximum atomic E-state index is 12.0. The van der Waals surface area contributed by atoms with E-state index in [2.05, 4.69) is 5.32 Å². The zero-order valence-electron chi connectivity index (χ0n) is 10.8. The van der Waals surface area contributed by atoms with Gasteiger partial charge in [-0.3, -0.25) is 4.79 Å². The highest BCUT2D eigenvalue weighted by Gasteiger charge is 2.10. The molecule has 0 heterocycles. The molecule has 0 aliphatic heterocycles. The molecule has 0 saturated heterocycles. The highest BCUT2D eigenvalue weighted by Crippen LogP contribution is 2.23. The van der Waals surface area contributed by atoms with Crippen molar-refractivity contribution in [1.82, 2.24) is 0 Å². The molecule has 21 heavy (non-hydrogen) atoms. The quantitative estimate of drug-likeness (QED) is 0.897. The fourth-order valence-electron chi connectivity index (χ4n) is 1.78. The number of aromatic carboxylic acids is 1. The molecule has 2 aromatic rings. The van der Waals surface area contributed by atoms with Gasteiger partial charge in [0.05, 0.1) is 22.7 Å². The number of hydrogen-bond donors (Lipinski definition) is 2. The Kier molecular flexibility index (Phi) is 4.83. The number of nitrogens with one attached hydrogen (secondary N) is 1. The average molecular weight is 324 g/mol. The third-order valence-electron chi connectivity index (χ3n) is 2.74. The Balaban J connectivity index is 2.12. The smallest absolute Gasteiger partial charge is 0.335 e. The maximum absolute atomic E-state index is 12.0. The van der Waals surface area contributed by atoms with Crippen molar-refractivity contribution in [3.05, 3.63) is 63.6 Å². The molecule has 0 bridgehead atoms. The minimum absolute atomic E-state index is 0.0532. The Bertz CT molecular complexity index is 701. The number of carbonyl (C=O) groups excluding carboxylic acids is 1. The van der Waals surface area contributed by atoms with Crippen molar-refractivity contribution >= 4 is 40.8 Å². The van der Waals surface area contributed by atoms with Crippen LogP contribution in [0.4, 0.5) is 5.69 Å². The van der Waals surface area contributed by atoms with E-state index in [0.717, 1.165) is 5.56 Å². The SMILES string of the molecule is O=C(Cc1cccc(Cl)c1)Nc1cc(C(=O)O)ccc1Cl. The fraction of sp³-hybridized carbons (Fsp3) is 0.0667. The second-order valence-corrected chi connectivity index (χ2v) is 5.20. The van der Waals surface area contributed by atoms with Crippen molar-refractivity contribution in [3.63, 3.8) is 0 Å². The molecule has 1 amide bonds. The molecule has 2 aromatic carbocycles. The Hall–Kier alpha value is -2.04. The fourth-order valence-corrected chi connectivity index (χ4v) is 2.16. The largest absolute Gasteiger partial charge is 0.478 e. The zero-order chi connectivity index (χ0) is 15.4. The first-order valence-corrected chi connectivity index (χ1v) is 6.78. The van der Waals surface area contributed by atoms with Gasteiger partial charge in [0.2, 0.25) is 5.91 Å². The van der Waals surface area contributed by atoms with Crippen molar-refractivity contribution in [2.45, 2.75) is 6.42 Å². The summed E-state index contributed by atoms with van der Waals surface area (Å²) in [6, 6.07) is 11.1. The van der Waals surface area contributed by atoms with Crippen molar-refractivity contribution in [2.75, 3.05) is 5.32 Å². The number of anilines is 1. The topological polar surface area (TPSA) is 66.4 Å². The van der Waals surface area contributed by atoms with Gasteiger partial charge in [-0.25, -0.2) is 4.79 Å². The number of carbonyl (C=O) groups is 2. The third-order valence-corrected chi connectivity index (χ3v) is 3.31. The Labute approximate surface area is 131 Å². The maximum Gasteiger partial charge on any atom is 0.335 e. The van der Waals surface area contributed by atoms with Gasteiger partial charge in [-0.2, -0.15) is 0 Å². The van der Waals surface area contributed by atoms with Crippen LogP contribution in [0, 0.1) is 0 Å². The Morgan fingerprint density at radius 1 is 1.10 bits per heavy atom. The van der Waals surface area contributed by atoms with Gasteiger partial charge in [0, 0.05) is 5.02 Å². The van der Waals surface area contributed by atoms with Gasteiger partial charge in [0.1, 0.15) is 0 Å². The van der Waals surface area contributed by atoms with Crippen molar-refractivity contribution in [2.24, 2.45) is 0 Å². The van der Waals surface area contributed by atoms with Gasteiger partial charge in [-0.1, -0.05) is 35.3 Å². The van der Waals surface area contributed by atoms with Crippen LogP contribution < -0.4 is 5.32 Å². The molecule has 0 aliphatic carbocycles. The molecular formula is C15H11Cl2NO3. The van der Waals surface area contributed by atoms with Crippen molar-refractivity contribution < 1.29 is 14.7 Å². The van der Waals surface area contributed by atoms with Gasteiger partial charge in [0.15, 0.2) is 0 Å². The first kappa shape index (κ1) is 15.4. The summed E-state index contributed by atoms with van der Waals surface area (Å²) in [5, 5.41) is 12.4. The van der Waals surface area contributed by atoms with Crippen LogP contribution in [0.5, 0.6) is 0 Å². The summed E-state index contributed by atoms with van der Waals surface area (Å²) in [4.78, 5) is 22.9. The molecule has 0 radical (unpaired) electrons. The first-order chi connectivity index (χ1) is 9.95. The molecular weight excluding hydrogens is 313 g/mol. The van der Waals surface area contributed by atoms with Gasteiger partial charge >= 0.3 is 5.97 Å². The van der Waals surface area contributed by atoms with Gasteiger partial charge in [0.25, 0.3) is 0 Å². The molecule has 0 unspecified atom stereocenters. The molecule has 0 atom stereocenters. The molecule has 2 N–H and O–H groups in total. The number of carboxylic acid groups (broad SMARTS) is 1. The minimum Gasteiger partial charge on any atom is -0.478 e. The van der Waals surface area contributed by atoms with Crippen LogP contribution in [0.1, 0.15) is 15.9 Å². The van der Waals surface area contributed by atoms with Crippen molar-refractivity contribution in [1.29, 1.82) is 0 Å². The highest BCUT2D eigenvalue weighted by molar-refractivity contribution is 6.34. The second-order valence-electron chi connectivity index (χ2n) is 4.35. The normalized spacial score (nSPS) is 10.2. The van der Waals surface area contributed by atoms with Crippen LogP contribution in [-0.4, -0.2) is 17.0 Å². The minimum atomic E-state index is -1.09. The van der Waals surface area contributed by atoms with Crippen LogP contribution in [-0.2, 0) is 11.2 Å². The molecule has 0 aliphatic rings. The van der Waals surface area contributed by atoms with Crippen LogP contribution in [0.15, 0.2) is 42.5 Å². The predicted molar refractivity (Wildman–Crippen MR) is 82.2 cm³/mol. The number of amides is 1. The van der Waals surface area contributed by atoms with Crippen molar-refractivity contribution in [3.8, 4) is 0 Å². The number of benzene rings is 2. The number of hydrogen-bond acceptors (Lipinski definition) is 2. The average Bonchev–Trinajstić information content (AvgIpc) is 2.41. The summed E-state index contributed by atoms with van der Waals surface area (Å²) in [6.45, 7) is 0. The molecule has 0 aromatic heterocycles. The summed E-state index contributed by atoms with van der Waals surface area (Å²) in [5.41, 5.74) is 1.08. The Morgan fingerprint density at radius 3 is 2.52 bits per heavy atom. The van der Waals surface area contributed by atoms with E-state index in [-0.39, 0.29) is 28.6 Å². The number of rotatable bonds is 4. The lowest BCUT2D eigenvalue weighted by Crippen LogP contribution is -2.15. The van der Waals surface area contributed by atoms with Crippen LogP contribution >= 0.6 is 23.2 Å². The van der Waals surface area contributed by atoms with Gasteiger partial charge in [-0.05, 0) is 35.9 Å². The molecule has 108 valence electrons. The molecule has 4 nitrogen and oxygen atoms in total. The second kappa shape index (κ2) is 6.61. The molecule has 0 spiro atoms. The standard InChI is InChI=1S/C15H11Cl2NO3/c16-11-3-1-2-9(6-11)7-14(19)18-13-8-10(15(20)21)4-5-12(13)17/h1-6,8H,7H2,(H,18,19)(H,20,21). The summed E-state index contributed by atoms with van der Waals surface area (Å²) in [7, 11) is 0. The van der Waals surface area contributed by atoms with Gasteiger partial charge in [-0.15, -0.1) is 0 Å². The monoisotopic (exact) mass is 323 g/mol. The predicted octanol–water partition coefficient (Wildman–Crippen LogP) is 3.87. The van der Waals surface area contributed by atoms with E-state index in [9.17, 15) is 9.59 Å². The van der Waals surface area contributed by atoms with E-state index in [1.807, 2.05) is 0 Å². The van der Waals surface area contributed by atoms with E-state index in [0.29, 0.717) is 5.02 Å². The summed E-state index contributed by atoms with van der Waals surface area (Å²) < 4.78 is 0. The van der Waals surface area contributed by atoms with E-state index in [1.54, 1.807) is 24.3 Å². The first-order valence-electron chi connectivity index (χ1n) is 6.03. The zero-order valence-corrected chi connectivity index (χ0v) is 12.3. The summed E-state index contributed by atoms with van der Waals surface area (Å²) in [5.74, 6) is -1.39. The van der Waals surface area contributed by atoms with Crippen LogP contribution in [0.2, 0.25) is 10.0 Å². The lowest BCUT2D eigenvalue weighted by molar-refractivity contribution is -0.115. The Morgan fingerprint density at radius 2 is 1.86 bits per heavy atom. The molecule has 2 rings (SSSR count). The molecule has 0 fully saturated rings. The molecule has 0 saturated carbocycles. The third kappa shape index (κ3) is 4.21. The van der Waals surface area contributed by atoms with Crippen LogP contribution in [0.3, 0.4) is 0 Å². The van der Waals surface area contributed by atoms with E-state index >= 15 is 0 Å². The summed E-state index contributed by atoms with van der Waals surface area (Å²) in [6.07, 6.45) is 0.119. The highest BCUT2D eigenvalue weighted by atomic mass is 35.5. The van der Waals surface area contributed by atoms with E-state index in [4.69, 9.17) is 28.3 Å². The van der Waals surface area contributed by atoms with Gasteiger partial charge < -0.3 is 10.4 Å². The number of halogens is 2. The molecule has 6 heteroatoms. The van der Waals surface area contributed by atoms with Crippen LogP contribution in [0.25, 0.3) is 0 Å². The lowest BCUT2D eigenvalue weighted by atomic mass is 10.1. The van der Waals surface area contributed by atoms with E-state index < -0.39 is 5.97 Å². The van der Waals surface area contributed by atoms with E-state index in [1.165, 1.54) is 18.2 Å². The lowest BCUT2D eigenvalue weighted by Gasteiger charge is -2.08. The number of carboxylic acids is 1. The summed E-state index contributed by atoms with van der Waals surface area (Å²) >= 11 is 11.8.